The van der Waals surface area contributed by atoms with Gasteiger partial charge in [-0.25, -0.2) is 13.2 Å². The third-order valence-electron chi connectivity index (χ3n) is 4.90. The Labute approximate surface area is 160 Å². The highest BCUT2D eigenvalue weighted by Gasteiger charge is 2.45. The minimum absolute atomic E-state index is 0.0985. The second-order valence-electron chi connectivity index (χ2n) is 6.86. The SMILES string of the molecule is CC[C@H]1C=C(C(=O)O)[C@@H](c2ccc(C)cc2)N1S(=O)(=O)c1ccc(C)cc1. The lowest BCUT2D eigenvalue weighted by atomic mass is 10.00. The monoisotopic (exact) mass is 385 g/mol. The van der Waals surface area contributed by atoms with Crippen LogP contribution < -0.4 is 0 Å². The van der Waals surface area contributed by atoms with Gasteiger partial charge in [-0.2, -0.15) is 4.31 Å². The molecule has 0 unspecified atom stereocenters. The normalized spacial score (nSPS) is 20.5. The highest BCUT2D eigenvalue weighted by molar-refractivity contribution is 7.89. The van der Waals surface area contributed by atoms with Crippen molar-refractivity contribution in [1.82, 2.24) is 4.31 Å². The Morgan fingerprint density at radius 2 is 1.52 bits per heavy atom. The van der Waals surface area contributed by atoms with Gasteiger partial charge < -0.3 is 5.11 Å². The first-order chi connectivity index (χ1) is 12.8. The average Bonchev–Trinajstić information content (AvgIpc) is 3.03. The van der Waals surface area contributed by atoms with Gasteiger partial charge in [0.2, 0.25) is 10.0 Å². The van der Waals surface area contributed by atoms with Crippen molar-refractivity contribution in [3.8, 4) is 0 Å². The number of hydrogen-bond acceptors (Lipinski definition) is 3. The van der Waals surface area contributed by atoms with Crippen molar-refractivity contribution in [2.75, 3.05) is 0 Å². The molecule has 0 saturated carbocycles. The molecule has 0 aliphatic carbocycles. The minimum Gasteiger partial charge on any atom is -0.478 e. The molecule has 5 nitrogen and oxygen atoms in total. The molecule has 2 aromatic rings. The molecule has 1 heterocycles. The van der Waals surface area contributed by atoms with E-state index >= 15 is 0 Å². The van der Waals surface area contributed by atoms with Crippen LogP contribution in [0.4, 0.5) is 0 Å². The Hall–Kier alpha value is -2.44. The topological polar surface area (TPSA) is 74.7 Å². The van der Waals surface area contributed by atoms with Crippen LogP contribution >= 0.6 is 0 Å². The molecule has 1 aliphatic heterocycles. The molecule has 2 atom stereocenters. The van der Waals surface area contributed by atoms with Crippen molar-refractivity contribution in [3.63, 3.8) is 0 Å². The van der Waals surface area contributed by atoms with E-state index < -0.39 is 28.1 Å². The Kier molecular flexibility index (Phi) is 5.22. The van der Waals surface area contributed by atoms with Gasteiger partial charge in [0, 0.05) is 6.04 Å². The molecule has 0 spiro atoms. The van der Waals surface area contributed by atoms with Gasteiger partial charge in [-0.3, -0.25) is 0 Å². The molecule has 0 saturated heterocycles. The first-order valence-corrected chi connectivity index (χ1v) is 10.3. The number of aliphatic carboxylic acids is 1. The Balaban J connectivity index is 2.16. The summed E-state index contributed by atoms with van der Waals surface area (Å²) in [5.41, 5.74) is 2.74. The molecule has 1 aliphatic rings. The van der Waals surface area contributed by atoms with Crippen LogP contribution in [0.5, 0.6) is 0 Å². The second kappa shape index (κ2) is 7.29. The van der Waals surface area contributed by atoms with Crippen LogP contribution in [-0.2, 0) is 14.8 Å². The highest BCUT2D eigenvalue weighted by Crippen LogP contribution is 2.41. The second-order valence-corrected chi connectivity index (χ2v) is 8.71. The Bertz CT molecular complexity index is 976. The maximum Gasteiger partial charge on any atom is 0.333 e. The molecule has 6 heteroatoms. The van der Waals surface area contributed by atoms with Crippen molar-refractivity contribution in [1.29, 1.82) is 0 Å². The minimum atomic E-state index is -3.87. The summed E-state index contributed by atoms with van der Waals surface area (Å²) in [7, 11) is -3.87. The summed E-state index contributed by atoms with van der Waals surface area (Å²) in [6.07, 6.45) is 2.06. The first kappa shape index (κ1) is 19.3. The van der Waals surface area contributed by atoms with Crippen LogP contribution in [0.1, 0.15) is 36.1 Å². The van der Waals surface area contributed by atoms with Gasteiger partial charge >= 0.3 is 5.97 Å². The molecule has 3 rings (SSSR count). The number of nitrogens with zero attached hydrogens (tertiary/aromatic N) is 1. The van der Waals surface area contributed by atoms with E-state index in [4.69, 9.17) is 0 Å². The lowest BCUT2D eigenvalue weighted by Gasteiger charge is -2.30. The summed E-state index contributed by atoms with van der Waals surface area (Å²) >= 11 is 0. The maximum atomic E-state index is 13.4. The van der Waals surface area contributed by atoms with Crippen LogP contribution in [-0.4, -0.2) is 29.8 Å². The molecule has 0 bridgehead atoms. The van der Waals surface area contributed by atoms with E-state index in [0.717, 1.165) is 11.1 Å². The quantitative estimate of drug-likeness (QED) is 0.849. The van der Waals surface area contributed by atoms with Gasteiger partial charge in [-0.1, -0.05) is 60.5 Å². The fraction of sp³-hybridized carbons (Fsp3) is 0.286. The van der Waals surface area contributed by atoms with Gasteiger partial charge in [0.15, 0.2) is 0 Å². The third-order valence-corrected chi connectivity index (χ3v) is 6.81. The lowest BCUT2D eigenvalue weighted by Crippen LogP contribution is -2.38. The molecule has 2 aromatic carbocycles. The zero-order chi connectivity index (χ0) is 19.8. The number of carboxylic acid groups (broad SMARTS) is 1. The van der Waals surface area contributed by atoms with Crippen molar-refractivity contribution in [2.45, 2.75) is 44.2 Å². The largest absolute Gasteiger partial charge is 0.478 e. The van der Waals surface area contributed by atoms with Crippen molar-refractivity contribution >= 4 is 16.0 Å². The van der Waals surface area contributed by atoms with E-state index in [2.05, 4.69) is 0 Å². The predicted octanol–water partition coefficient (Wildman–Crippen LogP) is 3.84. The molecule has 1 N–H and O–H groups in total. The number of aryl methyl sites for hydroxylation is 2. The molecule has 0 fully saturated rings. The molecule has 142 valence electrons. The smallest absolute Gasteiger partial charge is 0.333 e. The number of carbonyl (C=O) groups is 1. The summed E-state index contributed by atoms with van der Waals surface area (Å²) in [6, 6.07) is 12.6. The van der Waals surface area contributed by atoms with Gasteiger partial charge in [-0.15, -0.1) is 0 Å². The van der Waals surface area contributed by atoms with Crippen molar-refractivity contribution in [3.05, 3.63) is 76.9 Å². The zero-order valence-corrected chi connectivity index (χ0v) is 16.4. The fourth-order valence-electron chi connectivity index (χ4n) is 3.41. The first-order valence-electron chi connectivity index (χ1n) is 8.87. The van der Waals surface area contributed by atoms with Gasteiger partial charge in [0.1, 0.15) is 0 Å². The number of rotatable bonds is 5. The van der Waals surface area contributed by atoms with Gasteiger partial charge in [-0.05, 0) is 38.0 Å². The molecule has 27 heavy (non-hydrogen) atoms. The number of hydrogen-bond donors (Lipinski definition) is 1. The van der Waals surface area contributed by atoms with E-state index in [0.29, 0.717) is 12.0 Å². The van der Waals surface area contributed by atoms with Gasteiger partial charge in [0.25, 0.3) is 0 Å². The highest BCUT2D eigenvalue weighted by atomic mass is 32.2. The van der Waals surface area contributed by atoms with Crippen molar-refractivity contribution < 1.29 is 18.3 Å². The number of sulfonamides is 1. The van der Waals surface area contributed by atoms with Crippen LogP contribution in [0.25, 0.3) is 0 Å². The third kappa shape index (κ3) is 3.55. The lowest BCUT2D eigenvalue weighted by molar-refractivity contribution is -0.133. The summed E-state index contributed by atoms with van der Waals surface area (Å²) < 4.78 is 28.2. The van der Waals surface area contributed by atoms with E-state index in [-0.39, 0.29) is 10.5 Å². The Morgan fingerprint density at radius 3 is 2.00 bits per heavy atom. The summed E-state index contributed by atoms with van der Waals surface area (Å²) in [5, 5.41) is 9.71. The molecular formula is C21H23NO4S. The average molecular weight is 385 g/mol. The fourth-order valence-corrected chi connectivity index (χ4v) is 5.21. The number of carboxylic acids is 1. The van der Waals surface area contributed by atoms with E-state index in [1.54, 1.807) is 42.5 Å². The predicted molar refractivity (Wildman–Crippen MR) is 104 cm³/mol. The summed E-state index contributed by atoms with van der Waals surface area (Å²) in [4.78, 5) is 12.0. The van der Waals surface area contributed by atoms with Gasteiger partial charge in [0.05, 0.1) is 16.5 Å². The van der Waals surface area contributed by atoms with Crippen LogP contribution in [0.3, 0.4) is 0 Å². The zero-order valence-electron chi connectivity index (χ0n) is 15.6. The van der Waals surface area contributed by atoms with E-state index in [9.17, 15) is 18.3 Å². The van der Waals surface area contributed by atoms with Crippen LogP contribution in [0.15, 0.2) is 65.1 Å². The molecular weight excluding hydrogens is 362 g/mol. The summed E-state index contributed by atoms with van der Waals surface area (Å²) in [6.45, 7) is 5.68. The molecule has 0 radical (unpaired) electrons. The Morgan fingerprint density at radius 1 is 1.00 bits per heavy atom. The standard InChI is InChI=1S/C21H23NO4S/c1-4-17-13-19(21(23)24)20(16-9-5-14(2)6-10-16)22(17)27(25,26)18-11-7-15(3)8-12-18/h5-13,17,20H,4H2,1-3H3,(H,23,24)/t17-,20+/m0/s1. The summed E-state index contributed by atoms with van der Waals surface area (Å²) in [5.74, 6) is -1.10. The van der Waals surface area contributed by atoms with E-state index in [1.807, 2.05) is 32.9 Å². The number of benzene rings is 2. The molecule has 0 amide bonds. The van der Waals surface area contributed by atoms with Crippen LogP contribution in [0, 0.1) is 13.8 Å². The maximum absolute atomic E-state index is 13.4. The van der Waals surface area contributed by atoms with Crippen molar-refractivity contribution in [2.24, 2.45) is 0 Å². The van der Waals surface area contributed by atoms with Crippen LogP contribution in [0.2, 0.25) is 0 Å². The molecule has 0 aromatic heterocycles. The van der Waals surface area contributed by atoms with E-state index in [1.165, 1.54) is 4.31 Å².